The first kappa shape index (κ1) is 15.2. The van der Waals surface area contributed by atoms with Crippen molar-refractivity contribution < 1.29 is 4.39 Å². The lowest BCUT2D eigenvalue weighted by Crippen LogP contribution is -2.35. The van der Waals surface area contributed by atoms with Crippen LogP contribution in [0.25, 0.3) is 0 Å². The summed E-state index contributed by atoms with van der Waals surface area (Å²) < 4.78 is 14.3. The molecule has 1 atom stereocenters. The molecule has 0 bridgehead atoms. The minimum Gasteiger partial charge on any atom is -0.310 e. The van der Waals surface area contributed by atoms with Crippen LogP contribution in [-0.2, 0) is 0 Å². The lowest BCUT2D eigenvalue weighted by molar-refractivity contribution is 0.231. The molecule has 0 saturated carbocycles. The lowest BCUT2D eigenvalue weighted by Gasteiger charge is -2.35. The molecule has 0 aliphatic carbocycles. The first-order valence-corrected chi connectivity index (χ1v) is 6.83. The van der Waals surface area contributed by atoms with Crippen molar-refractivity contribution in [3.63, 3.8) is 0 Å². The summed E-state index contributed by atoms with van der Waals surface area (Å²) in [5.41, 5.74) is 2.89. The van der Waals surface area contributed by atoms with Gasteiger partial charge in [0.2, 0.25) is 0 Å². The third-order valence-corrected chi connectivity index (χ3v) is 3.87. The molecule has 0 saturated heterocycles. The molecule has 0 radical (unpaired) electrons. The molecule has 1 N–H and O–H groups in total. The number of halogens is 1. The van der Waals surface area contributed by atoms with Crippen molar-refractivity contribution in [2.45, 2.75) is 54.0 Å². The predicted octanol–water partition coefficient (Wildman–Crippen LogP) is 4.53. The summed E-state index contributed by atoms with van der Waals surface area (Å²) in [5, 5.41) is 3.45. The quantitative estimate of drug-likeness (QED) is 0.810. The molecular weight excluding hydrogens is 225 g/mol. The van der Waals surface area contributed by atoms with Crippen LogP contribution in [0.4, 0.5) is 4.39 Å². The van der Waals surface area contributed by atoms with Gasteiger partial charge in [0.1, 0.15) is 5.82 Å². The minimum absolute atomic E-state index is 0.0386. The van der Waals surface area contributed by atoms with Gasteiger partial charge >= 0.3 is 0 Å². The highest BCUT2D eigenvalue weighted by Gasteiger charge is 2.31. The van der Waals surface area contributed by atoms with E-state index in [4.69, 9.17) is 0 Å². The zero-order valence-corrected chi connectivity index (χ0v) is 12.5. The normalized spacial score (nSPS) is 13.7. The smallest absolute Gasteiger partial charge is 0.128 e. The molecule has 0 aliphatic rings. The molecule has 0 fully saturated rings. The summed E-state index contributed by atoms with van der Waals surface area (Å²) in [5.74, 6) is -0.0834. The highest BCUT2D eigenvalue weighted by molar-refractivity contribution is 5.35. The fourth-order valence-corrected chi connectivity index (χ4v) is 2.47. The van der Waals surface area contributed by atoms with Crippen LogP contribution in [-0.4, -0.2) is 6.54 Å². The van der Waals surface area contributed by atoms with Gasteiger partial charge in [0, 0.05) is 11.6 Å². The van der Waals surface area contributed by atoms with E-state index in [0.717, 1.165) is 29.7 Å². The Kier molecular flexibility index (Phi) is 4.92. The maximum atomic E-state index is 14.3. The van der Waals surface area contributed by atoms with E-state index in [9.17, 15) is 4.39 Å². The fraction of sp³-hybridized carbons (Fsp3) is 0.625. The molecule has 18 heavy (non-hydrogen) atoms. The van der Waals surface area contributed by atoms with Gasteiger partial charge in [0.25, 0.3) is 0 Å². The Balaban J connectivity index is 3.30. The molecule has 2 heteroatoms. The average molecular weight is 251 g/mol. The summed E-state index contributed by atoms with van der Waals surface area (Å²) in [6.07, 6.45) is 1.01. The van der Waals surface area contributed by atoms with E-state index < -0.39 is 0 Å². The van der Waals surface area contributed by atoms with Gasteiger partial charge in [-0.3, -0.25) is 0 Å². The average Bonchev–Trinajstić information content (AvgIpc) is 2.26. The van der Waals surface area contributed by atoms with Gasteiger partial charge in [-0.1, -0.05) is 33.8 Å². The zero-order chi connectivity index (χ0) is 13.9. The van der Waals surface area contributed by atoms with E-state index in [1.165, 1.54) is 0 Å². The number of aryl methyl sites for hydroxylation is 2. The fourth-order valence-electron chi connectivity index (χ4n) is 2.47. The molecule has 1 aromatic carbocycles. The van der Waals surface area contributed by atoms with E-state index >= 15 is 0 Å². The Morgan fingerprint density at radius 3 is 2.28 bits per heavy atom. The van der Waals surface area contributed by atoms with Crippen molar-refractivity contribution in [3.05, 3.63) is 34.6 Å². The highest BCUT2D eigenvalue weighted by Crippen LogP contribution is 2.38. The minimum atomic E-state index is -0.0834. The Labute approximate surface area is 111 Å². The van der Waals surface area contributed by atoms with Gasteiger partial charge in [-0.05, 0) is 49.4 Å². The van der Waals surface area contributed by atoms with Crippen molar-refractivity contribution >= 4 is 0 Å². The van der Waals surface area contributed by atoms with Crippen molar-refractivity contribution in [2.24, 2.45) is 5.41 Å². The number of benzene rings is 1. The van der Waals surface area contributed by atoms with Gasteiger partial charge in [0.15, 0.2) is 0 Å². The van der Waals surface area contributed by atoms with Crippen molar-refractivity contribution in [1.82, 2.24) is 5.32 Å². The van der Waals surface area contributed by atoms with Gasteiger partial charge in [-0.25, -0.2) is 4.39 Å². The Morgan fingerprint density at radius 2 is 1.83 bits per heavy atom. The van der Waals surface area contributed by atoms with Crippen LogP contribution < -0.4 is 5.32 Å². The predicted molar refractivity (Wildman–Crippen MR) is 76.4 cm³/mol. The SMILES string of the molecule is CCNC(c1c(C)cc(C)cc1F)C(C)(C)CC. The van der Waals surface area contributed by atoms with E-state index in [-0.39, 0.29) is 17.3 Å². The van der Waals surface area contributed by atoms with Crippen LogP contribution in [0, 0.1) is 25.1 Å². The molecule has 0 aliphatic heterocycles. The van der Waals surface area contributed by atoms with E-state index in [0.29, 0.717) is 0 Å². The Bertz CT molecular complexity index is 387. The maximum Gasteiger partial charge on any atom is 0.128 e. The third-order valence-electron chi connectivity index (χ3n) is 3.87. The van der Waals surface area contributed by atoms with Crippen LogP contribution in [0.1, 0.15) is 56.8 Å². The Hall–Kier alpha value is -0.890. The highest BCUT2D eigenvalue weighted by atomic mass is 19.1. The first-order chi connectivity index (χ1) is 8.33. The van der Waals surface area contributed by atoms with Gasteiger partial charge in [0.05, 0.1) is 0 Å². The van der Waals surface area contributed by atoms with E-state index in [2.05, 4.69) is 39.1 Å². The maximum absolute atomic E-state index is 14.3. The number of rotatable bonds is 5. The topological polar surface area (TPSA) is 12.0 Å². The standard InChI is InChI=1S/C16H26FN/c1-7-16(5,6)15(18-8-2)14-12(4)9-11(3)10-13(14)17/h9-10,15,18H,7-8H2,1-6H3. The summed E-state index contributed by atoms with van der Waals surface area (Å²) in [7, 11) is 0. The monoisotopic (exact) mass is 251 g/mol. The Morgan fingerprint density at radius 1 is 1.22 bits per heavy atom. The molecule has 1 nitrogen and oxygen atoms in total. The molecular formula is C16H26FN. The van der Waals surface area contributed by atoms with Crippen LogP contribution in [0.5, 0.6) is 0 Å². The lowest BCUT2D eigenvalue weighted by atomic mass is 9.76. The molecule has 0 heterocycles. The second kappa shape index (κ2) is 5.83. The van der Waals surface area contributed by atoms with Gasteiger partial charge in [-0.2, -0.15) is 0 Å². The first-order valence-electron chi connectivity index (χ1n) is 6.83. The second-order valence-electron chi connectivity index (χ2n) is 5.81. The van der Waals surface area contributed by atoms with E-state index in [1.54, 1.807) is 6.07 Å². The molecule has 0 aromatic heterocycles. The van der Waals surface area contributed by atoms with Crippen LogP contribution in [0.15, 0.2) is 12.1 Å². The summed E-state index contributed by atoms with van der Waals surface area (Å²) in [6, 6.07) is 3.76. The molecule has 0 amide bonds. The molecule has 102 valence electrons. The molecule has 0 spiro atoms. The molecule has 1 rings (SSSR count). The molecule has 1 unspecified atom stereocenters. The van der Waals surface area contributed by atoms with Crippen molar-refractivity contribution in [3.8, 4) is 0 Å². The van der Waals surface area contributed by atoms with Crippen molar-refractivity contribution in [1.29, 1.82) is 0 Å². The van der Waals surface area contributed by atoms with Crippen LogP contribution >= 0.6 is 0 Å². The van der Waals surface area contributed by atoms with Crippen molar-refractivity contribution in [2.75, 3.05) is 6.54 Å². The number of nitrogens with one attached hydrogen (secondary N) is 1. The molecule has 1 aromatic rings. The summed E-state index contributed by atoms with van der Waals surface area (Å²) >= 11 is 0. The summed E-state index contributed by atoms with van der Waals surface area (Å²) in [4.78, 5) is 0. The van der Waals surface area contributed by atoms with E-state index in [1.807, 2.05) is 13.8 Å². The number of hydrogen-bond donors (Lipinski definition) is 1. The zero-order valence-electron chi connectivity index (χ0n) is 12.5. The van der Waals surface area contributed by atoms with Crippen LogP contribution in [0.2, 0.25) is 0 Å². The number of hydrogen-bond acceptors (Lipinski definition) is 1. The summed E-state index contributed by atoms with van der Waals surface area (Å²) in [6.45, 7) is 13.4. The largest absolute Gasteiger partial charge is 0.310 e. The van der Waals surface area contributed by atoms with Gasteiger partial charge in [-0.15, -0.1) is 0 Å². The third kappa shape index (κ3) is 3.11. The second-order valence-corrected chi connectivity index (χ2v) is 5.81. The van der Waals surface area contributed by atoms with Gasteiger partial charge < -0.3 is 5.32 Å². The van der Waals surface area contributed by atoms with Crippen LogP contribution in [0.3, 0.4) is 0 Å².